The minimum atomic E-state index is -4.42. The van der Waals surface area contributed by atoms with E-state index in [1.807, 2.05) is 0 Å². The number of amides is 1. The van der Waals surface area contributed by atoms with Crippen LogP contribution in [0.2, 0.25) is 0 Å². The molecule has 1 aromatic carbocycles. The lowest BCUT2D eigenvalue weighted by Gasteiger charge is -2.09. The van der Waals surface area contributed by atoms with Gasteiger partial charge in [0.15, 0.2) is 5.13 Å². The Morgan fingerprint density at radius 1 is 1.12 bits per heavy atom. The van der Waals surface area contributed by atoms with Crippen LogP contribution in [0.3, 0.4) is 0 Å². The summed E-state index contributed by atoms with van der Waals surface area (Å²) in [6.45, 7) is 1.54. The van der Waals surface area contributed by atoms with Gasteiger partial charge in [-0.3, -0.25) is 18.7 Å². The predicted molar refractivity (Wildman–Crippen MR) is 118 cm³/mol. The number of nitrogens with one attached hydrogen (secondary N) is 1. The molecule has 1 amide bonds. The lowest BCUT2D eigenvalue weighted by Crippen LogP contribution is -2.37. The predicted octanol–water partition coefficient (Wildman–Crippen LogP) is 3.13. The number of thiazole rings is 1. The standard InChI is InChI=1S/C21H18F3N5O3S/c1-11-8-15-17(18(31)28(3)20(32)27(15)2)29(11)9-16(30)26-19-25-14(10-33-19)12-4-6-13(7-5-12)21(22,23)24/h4-8,10H,9H2,1-3H3,(H,25,26,30). The number of hydrogen-bond donors (Lipinski definition) is 1. The van der Waals surface area contributed by atoms with Crippen molar-refractivity contribution in [1.29, 1.82) is 0 Å². The first kappa shape index (κ1) is 22.5. The monoisotopic (exact) mass is 477 g/mol. The van der Waals surface area contributed by atoms with E-state index in [4.69, 9.17) is 0 Å². The van der Waals surface area contributed by atoms with Gasteiger partial charge in [-0.1, -0.05) is 12.1 Å². The van der Waals surface area contributed by atoms with E-state index >= 15 is 0 Å². The van der Waals surface area contributed by atoms with Crippen molar-refractivity contribution in [3.05, 3.63) is 67.8 Å². The lowest BCUT2D eigenvalue weighted by atomic mass is 10.1. The summed E-state index contributed by atoms with van der Waals surface area (Å²) in [4.78, 5) is 41.7. The zero-order valence-corrected chi connectivity index (χ0v) is 18.5. The number of fused-ring (bicyclic) bond motifs is 1. The fourth-order valence-electron chi connectivity index (χ4n) is 3.51. The average Bonchev–Trinajstić information content (AvgIpc) is 3.35. The fraction of sp³-hybridized carbons (Fsp3) is 0.238. The molecule has 0 atom stereocenters. The molecule has 0 spiro atoms. The van der Waals surface area contributed by atoms with Crippen molar-refractivity contribution in [1.82, 2.24) is 18.7 Å². The molecule has 4 rings (SSSR count). The second-order valence-electron chi connectivity index (χ2n) is 7.47. The molecule has 3 aromatic heterocycles. The number of hydrogen-bond acceptors (Lipinski definition) is 5. The second kappa shape index (κ2) is 8.03. The van der Waals surface area contributed by atoms with E-state index in [2.05, 4.69) is 10.3 Å². The van der Waals surface area contributed by atoms with Crippen molar-refractivity contribution in [3.8, 4) is 11.3 Å². The molecule has 1 N–H and O–H groups in total. The van der Waals surface area contributed by atoms with Gasteiger partial charge in [0, 0.05) is 30.7 Å². The van der Waals surface area contributed by atoms with Crippen LogP contribution >= 0.6 is 11.3 Å². The van der Waals surface area contributed by atoms with Crippen LogP contribution in [-0.2, 0) is 31.6 Å². The number of nitrogens with zero attached hydrogens (tertiary/aromatic N) is 4. The molecule has 0 saturated carbocycles. The first-order valence-electron chi connectivity index (χ1n) is 9.66. The van der Waals surface area contributed by atoms with Gasteiger partial charge in [0.05, 0.1) is 16.8 Å². The van der Waals surface area contributed by atoms with Crippen molar-refractivity contribution in [2.75, 3.05) is 5.32 Å². The normalized spacial score (nSPS) is 11.8. The summed E-state index contributed by atoms with van der Waals surface area (Å²) < 4.78 is 42.1. The van der Waals surface area contributed by atoms with Gasteiger partial charge in [0.2, 0.25) is 5.91 Å². The summed E-state index contributed by atoms with van der Waals surface area (Å²) in [5, 5.41) is 4.54. The third kappa shape index (κ3) is 4.09. The van der Waals surface area contributed by atoms with Crippen LogP contribution in [0.1, 0.15) is 11.3 Å². The van der Waals surface area contributed by atoms with Gasteiger partial charge in [-0.25, -0.2) is 9.78 Å². The van der Waals surface area contributed by atoms with Crippen LogP contribution in [0.4, 0.5) is 18.3 Å². The second-order valence-corrected chi connectivity index (χ2v) is 8.33. The van der Waals surface area contributed by atoms with E-state index in [0.29, 0.717) is 22.5 Å². The van der Waals surface area contributed by atoms with E-state index in [1.165, 1.54) is 28.3 Å². The molecule has 0 fully saturated rings. The van der Waals surface area contributed by atoms with Crippen molar-refractivity contribution in [2.45, 2.75) is 19.6 Å². The highest BCUT2D eigenvalue weighted by molar-refractivity contribution is 7.14. The quantitative estimate of drug-likeness (QED) is 0.489. The summed E-state index contributed by atoms with van der Waals surface area (Å²) in [5.41, 5.74) is 0.465. The molecule has 0 aliphatic rings. The zero-order chi connectivity index (χ0) is 24.1. The Labute approximate surface area is 188 Å². The number of aromatic nitrogens is 4. The zero-order valence-electron chi connectivity index (χ0n) is 17.7. The molecule has 4 aromatic rings. The van der Waals surface area contributed by atoms with Crippen molar-refractivity contribution in [2.24, 2.45) is 14.1 Å². The molecule has 0 saturated heterocycles. The topological polar surface area (TPSA) is 90.9 Å². The molecular weight excluding hydrogens is 459 g/mol. The van der Waals surface area contributed by atoms with Crippen LogP contribution in [0.15, 0.2) is 45.3 Å². The number of benzene rings is 1. The molecular formula is C21H18F3N5O3S. The number of aryl methyl sites for hydroxylation is 2. The maximum absolute atomic E-state index is 12.7. The molecule has 0 aliphatic carbocycles. The van der Waals surface area contributed by atoms with Crippen LogP contribution < -0.4 is 16.6 Å². The molecule has 0 aliphatic heterocycles. The Hall–Kier alpha value is -3.67. The largest absolute Gasteiger partial charge is 0.416 e. The Morgan fingerprint density at radius 2 is 1.79 bits per heavy atom. The average molecular weight is 477 g/mol. The SMILES string of the molecule is Cc1cc2c(c(=O)n(C)c(=O)n2C)n1CC(=O)Nc1nc(-c2ccc(C(F)(F)F)cc2)cs1. The van der Waals surface area contributed by atoms with Gasteiger partial charge < -0.3 is 9.88 Å². The first-order valence-corrected chi connectivity index (χ1v) is 10.5. The highest BCUT2D eigenvalue weighted by Crippen LogP contribution is 2.31. The molecule has 8 nitrogen and oxygen atoms in total. The molecule has 172 valence electrons. The smallest absolute Gasteiger partial charge is 0.330 e. The molecule has 0 bridgehead atoms. The summed E-state index contributed by atoms with van der Waals surface area (Å²) in [7, 11) is 2.92. The van der Waals surface area contributed by atoms with Gasteiger partial charge in [0.1, 0.15) is 12.1 Å². The molecule has 3 heterocycles. The highest BCUT2D eigenvalue weighted by atomic mass is 32.1. The third-order valence-corrected chi connectivity index (χ3v) is 6.04. The van der Waals surface area contributed by atoms with Crippen LogP contribution in [-0.4, -0.2) is 24.6 Å². The van der Waals surface area contributed by atoms with Gasteiger partial charge >= 0.3 is 11.9 Å². The number of alkyl halides is 3. The number of anilines is 1. The number of rotatable bonds is 4. The number of carbonyl (C=O) groups is 1. The Balaban J connectivity index is 1.56. The molecule has 33 heavy (non-hydrogen) atoms. The van der Waals surface area contributed by atoms with Gasteiger partial charge in [0.25, 0.3) is 5.56 Å². The number of halogens is 3. The van der Waals surface area contributed by atoms with E-state index in [1.54, 1.807) is 25.4 Å². The van der Waals surface area contributed by atoms with Crippen LogP contribution in [0.5, 0.6) is 0 Å². The number of carbonyl (C=O) groups excluding carboxylic acids is 1. The van der Waals surface area contributed by atoms with Gasteiger partial charge in [-0.2, -0.15) is 13.2 Å². The van der Waals surface area contributed by atoms with Crippen LogP contribution in [0.25, 0.3) is 22.3 Å². The van der Waals surface area contributed by atoms with E-state index < -0.39 is 28.9 Å². The molecule has 0 radical (unpaired) electrons. The van der Waals surface area contributed by atoms with Crippen molar-refractivity contribution in [3.63, 3.8) is 0 Å². The third-order valence-electron chi connectivity index (χ3n) is 5.29. The fourth-order valence-corrected chi connectivity index (χ4v) is 4.25. The summed E-state index contributed by atoms with van der Waals surface area (Å²) in [5.74, 6) is -0.445. The maximum atomic E-state index is 12.7. The summed E-state index contributed by atoms with van der Waals surface area (Å²) in [6.07, 6.45) is -4.42. The van der Waals surface area contributed by atoms with E-state index in [-0.39, 0.29) is 17.2 Å². The van der Waals surface area contributed by atoms with Gasteiger partial charge in [-0.05, 0) is 25.1 Å². The van der Waals surface area contributed by atoms with E-state index in [0.717, 1.165) is 28.0 Å². The lowest BCUT2D eigenvalue weighted by molar-refractivity contribution is -0.137. The summed E-state index contributed by atoms with van der Waals surface area (Å²) >= 11 is 1.13. The minimum absolute atomic E-state index is 0.183. The van der Waals surface area contributed by atoms with Crippen LogP contribution in [0, 0.1) is 6.92 Å². The van der Waals surface area contributed by atoms with Crippen molar-refractivity contribution < 1.29 is 18.0 Å². The molecule has 12 heteroatoms. The summed E-state index contributed by atoms with van der Waals surface area (Å²) in [6, 6.07) is 6.25. The van der Waals surface area contributed by atoms with Gasteiger partial charge in [-0.15, -0.1) is 11.3 Å². The Morgan fingerprint density at radius 3 is 2.42 bits per heavy atom. The minimum Gasteiger partial charge on any atom is -0.330 e. The molecule has 0 unspecified atom stereocenters. The van der Waals surface area contributed by atoms with E-state index in [9.17, 15) is 27.6 Å². The Kier molecular flexibility index (Phi) is 5.48. The first-order chi connectivity index (χ1) is 15.5. The highest BCUT2D eigenvalue weighted by Gasteiger charge is 2.30. The maximum Gasteiger partial charge on any atom is 0.416 e. The van der Waals surface area contributed by atoms with Crippen molar-refractivity contribution >= 4 is 33.4 Å². The Bertz CT molecular complexity index is 1490.